The van der Waals surface area contributed by atoms with Gasteiger partial charge in [-0.1, -0.05) is 12.1 Å². The summed E-state index contributed by atoms with van der Waals surface area (Å²) in [6, 6.07) is 6.34. The van der Waals surface area contributed by atoms with Crippen LogP contribution in [0.4, 0.5) is 0 Å². The van der Waals surface area contributed by atoms with Gasteiger partial charge in [0.25, 0.3) is 0 Å². The molecule has 130 valence electrons. The van der Waals surface area contributed by atoms with Crippen molar-refractivity contribution in [3.8, 4) is 5.75 Å². The Balaban J connectivity index is 2.18. The van der Waals surface area contributed by atoms with E-state index in [2.05, 4.69) is 0 Å². The van der Waals surface area contributed by atoms with Crippen LogP contribution >= 0.6 is 7.75 Å². The van der Waals surface area contributed by atoms with Crippen LogP contribution in [0, 0.1) is 0 Å². The zero-order chi connectivity index (χ0) is 17.9. The molecule has 0 amide bonds. The number of hydrogen-bond donors (Lipinski definition) is 6. The normalized spacial score (nSPS) is 16.8. The second-order valence-corrected chi connectivity index (χ2v) is 6.75. The smallest absolute Gasteiger partial charge is 0.427 e. The first-order valence-electron chi connectivity index (χ1n) is 7.12. The third-order valence-electron chi connectivity index (χ3n) is 3.51. The van der Waals surface area contributed by atoms with Gasteiger partial charge in [0.15, 0.2) is 5.78 Å². The summed E-state index contributed by atoms with van der Waals surface area (Å²) in [5.41, 5.74) is 0.538. The van der Waals surface area contributed by atoms with Crippen LogP contribution in [-0.2, 0) is 15.8 Å². The number of benzene rings is 1. The van der Waals surface area contributed by atoms with Gasteiger partial charge in [0.2, 0.25) is 0 Å². The molecule has 0 bridgehead atoms. The molecule has 8 nitrogen and oxygen atoms in total. The monoisotopic (exact) mass is 355 g/mol. The van der Waals surface area contributed by atoms with E-state index in [0.717, 1.165) is 11.6 Å². The SMILES string of the molecule is O=C1C=C(O)C(C(O)CCc2ccc(O)cc2)=C(NP(=O)(O)O)C1. The van der Waals surface area contributed by atoms with Crippen LogP contribution in [0.15, 0.2) is 47.4 Å². The minimum absolute atomic E-state index is 0.100. The van der Waals surface area contributed by atoms with E-state index in [9.17, 15) is 24.7 Å². The van der Waals surface area contributed by atoms with E-state index in [1.54, 1.807) is 12.1 Å². The van der Waals surface area contributed by atoms with Gasteiger partial charge < -0.3 is 25.1 Å². The highest BCUT2D eigenvalue weighted by molar-refractivity contribution is 7.49. The van der Waals surface area contributed by atoms with Crippen molar-refractivity contribution in [2.24, 2.45) is 0 Å². The Hall–Kier alpha value is -2.12. The number of aliphatic hydroxyl groups is 2. The Morgan fingerprint density at radius 3 is 2.38 bits per heavy atom. The van der Waals surface area contributed by atoms with Crippen molar-refractivity contribution < 1.29 is 34.5 Å². The summed E-state index contributed by atoms with van der Waals surface area (Å²) < 4.78 is 11.1. The highest BCUT2D eigenvalue weighted by Crippen LogP contribution is 2.35. The Morgan fingerprint density at radius 2 is 1.79 bits per heavy atom. The number of phenolic OH excluding ortho intramolecular Hbond substituents is 1. The number of carbonyl (C=O) groups excluding carboxylic acids is 1. The van der Waals surface area contributed by atoms with E-state index >= 15 is 0 Å². The van der Waals surface area contributed by atoms with Gasteiger partial charge in [-0.25, -0.2) is 4.57 Å². The molecule has 1 unspecified atom stereocenters. The van der Waals surface area contributed by atoms with Gasteiger partial charge >= 0.3 is 7.75 Å². The molecule has 0 spiro atoms. The number of phenols is 1. The number of rotatable bonds is 6. The van der Waals surface area contributed by atoms with Crippen LogP contribution in [0.5, 0.6) is 5.75 Å². The van der Waals surface area contributed by atoms with Crippen LogP contribution in [0.3, 0.4) is 0 Å². The fraction of sp³-hybridized carbons (Fsp3) is 0.267. The minimum atomic E-state index is -4.68. The lowest BCUT2D eigenvalue weighted by Crippen LogP contribution is -2.26. The van der Waals surface area contributed by atoms with Crippen LogP contribution in [-0.4, -0.2) is 37.0 Å². The van der Waals surface area contributed by atoms with Crippen molar-refractivity contribution in [1.82, 2.24) is 5.09 Å². The first-order chi connectivity index (χ1) is 11.2. The van der Waals surface area contributed by atoms with Crippen molar-refractivity contribution in [3.63, 3.8) is 0 Å². The Bertz CT molecular complexity index is 733. The number of allylic oxidation sites excluding steroid dienone is 2. The zero-order valence-corrected chi connectivity index (χ0v) is 13.5. The third kappa shape index (κ3) is 4.94. The summed E-state index contributed by atoms with van der Waals surface area (Å²) in [4.78, 5) is 29.5. The molecule has 0 aliphatic heterocycles. The van der Waals surface area contributed by atoms with Gasteiger partial charge in [-0.2, -0.15) is 0 Å². The van der Waals surface area contributed by atoms with E-state index < -0.39 is 25.4 Å². The first kappa shape index (κ1) is 18.2. The summed E-state index contributed by atoms with van der Waals surface area (Å²) in [5.74, 6) is -0.931. The van der Waals surface area contributed by atoms with Gasteiger partial charge in [0.1, 0.15) is 11.5 Å². The maximum atomic E-state index is 11.5. The molecule has 9 heteroatoms. The van der Waals surface area contributed by atoms with Crippen molar-refractivity contribution in [3.05, 3.63) is 52.9 Å². The second-order valence-electron chi connectivity index (χ2n) is 5.44. The maximum Gasteiger partial charge on any atom is 0.427 e. The van der Waals surface area contributed by atoms with E-state index in [1.807, 2.05) is 5.09 Å². The van der Waals surface area contributed by atoms with Crippen molar-refractivity contribution in [2.75, 3.05) is 0 Å². The molecule has 24 heavy (non-hydrogen) atoms. The maximum absolute atomic E-state index is 11.5. The van der Waals surface area contributed by atoms with Crippen LogP contribution in [0.25, 0.3) is 0 Å². The number of aromatic hydroxyl groups is 1. The number of aliphatic hydroxyl groups excluding tert-OH is 2. The quantitative estimate of drug-likeness (QED) is 0.415. The Kier molecular flexibility index (Phi) is 5.46. The lowest BCUT2D eigenvalue weighted by molar-refractivity contribution is -0.114. The molecule has 0 heterocycles. The van der Waals surface area contributed by atoms with E-state index in [-0.39, 0.29) is 29.9 Å². The molecule has 2 rings (SSSR count). The summed E-state index contributed by atoms with van der Waals surface area (Å²) in [6.45, 7) is 0. The molecule has 1 atom stereocenters. The summed E-state index contributed by atoms with van der Waals surface area (Å²) in [7, 11) is -4.68. The first-order valence-corrected chi connectivity index (χ1v) is 8.73. The van der Waals surface area contributed by atoms with Gasteiger partial charge in [-0.15, -0.1) is 0 Å². The lowest BCUT2D eigenvalue weighted by Gasteiger charge is -2.23. The van der Waals surface area contributed by atoms with Gasteiger partial charge in [0.05, 0.1) is 12.5 Å². The molecular formula is C15H18NO7P. The Morgan fingerprint density at radius 1 is 1.17 bits per heavy atom. The van der Waals surface area contributed by atoms with Crippen molar-refractivity contribution in [2.45, 2.75) is 25.4 Å². The number of hydrogen-bond acceptors (Lipinski definition) is 5. The molecule has 1 aromatic carbocycles. The number of nitrogens with one attached hydrogen (secondary N) is 1. The number of aryl methyl sites for hydroxylation is 1. The van der Waals surface area contributed by atoms with Gasteiger partial charge in [-0.3, -0.25) is 9.88 Å². The van der Waals surface area contributed by atoms with Crippen LogP contribution < -0.4 is 5.09 Å². The summed E-state index contributed by atoms with van der Waals surface area (Å²) >= 11 is 0. The van der Waals surface area contributed by atoms with E-state index in [0.29, 0.717) is 6.42 Å². The average Bonchev–Trinajstić information content (AvgIpc) is 2.44. The summed E-state index contributed by atoms with van der Waals surface area (Å²) in [5, 5.41) is 31.3. The second kappa shape index (κ2) is 7.19. The van der Waals surface area contributed by atoms with Crippen molar-refractivity contribution in [1.29, 1.82) is 0 Å². The molecule has 0 aromatic heterocycles. The van der Waals surface area contributed by atoms with Gasteiger partial charge in [0, 0.05) is 17.3 Å². The highest BCUT2D eigenvalue weighted by Gasteiger charge is 2.29. The average molecular weight is 355 g/mol. The Labute approximate surface area is 138 Å². The number of carbonyl (C=O) groups is 1. The highest BCUT2D eigenvalue weighted by atomic mass is 31.2. The van der Waals surface area contributed by atoms with E-state index in [4.69, 9.17) is 9.79 Å². The molecular weight excluding hydrogens is 337 g/mol. The fourth-order valence-electron chi connectivity index (χ4n) is 2.46. The molecule has 1 aromatic rings. The standard InChI is InChI=1S/C15H18NO7P/c17-10-4-1-9(2-5-10)3-6-13(19)15-12(16-24(21,22)23)7-11(18)8-14(15)20/h1-2,4-5,8,13,17,19-20H,3,6-7H2,(H3,16,21,22,23). The molecule has 0 saturated heterocycles. The third-order valence-corrected chi connectivity index (χ3v) is 4.07. The predicted molar refractivity (Wildman–Crippen MR) is 85.0 cm³/mol. The topological polar surface area (TPSA) is 147 Å². The molecule has 1 aliphatic carbocycles. The fourth-order valence-corrected chi connectivity index (χ4v) is 3.01. The zero-order valence-electron chi connectivity index (χ0n) is 12.6. The molecule has 0 radical (unpaired) electrons. The van der Waals surface area contributed by atoms with Crippen LogP contribution in [0.1, 0.15) is 18.4 Å². The molecule has 6 N–H and O–H groups in total. The minimum Gasteiger partial charge on any atom is -0.508 e. The molecule has 1 aliphatic rings. The van der Waals surface area contributed by atoms with Gasteiger partial charge in [-0.05, 0) is 30.5 Å². The van der Waals surface area contributed by atoms with Crippen molar-refractivity contribution >= 4 is 13.5 Å². The summed E-state index contributed by atoms with van der Waals surface area (Å²) in [6.07, 6.45) is -0.101. The largest absolute Gasteiger partial charge is 0.508 e. The lowest BCUT2D eigenvalue weighted by atomic mass is 9.93. The number of ketones is 1. The predicted octanol–water partition coefficient (Wildman–Crippen LogP) is 1.04. The van der Waals surface area contributed by atoms with Crippen LogP contribution in [0.2, 0.25) is 0 Å². The molecule has 0 saturated carbocycles. The molecule has 0 fully saturated rings. The van der Waals surface area contributed by atoms with E-state index in [1.165, 1.54) is 12.1 Å².